The zero-order valence-electron chi connectivity index (χ0n) is 18.1. The highest BCUT2D eigenvalue weighted by atomic mass is 19.1. The monoisotopic (exact) mass is 451 g/mol. The van der Waals surface area contributed by atoms with Crippen LogP contribution in [0.2, 0.25) is 0 Å². The van der Waals surface area contributed by atoms with Gasteiger partial charge >= 0.3 is 0 Å². The lowest BCUT2D eigenvalue weighted by Crippen LogP contribution is -2.28. The van der Waals surface area contributed by atoms with Crippen molar-refractivity contribution >= 4 is 16.9 Å². The SMILES string of the molecule is COc1cccc(C(=O)NCCn2ncc3c(=O)n(Cc4ccccc4F)cnc32)c1OC. The van der Waals surface area contributed by atoms with Gasteiger partial charge in [-0.15, -0.1) is 0 Å². The minimum absolute atomic E-state index is 0.0675. The Morgan fingerprint density at radius 1 is 1.12 bits per heavy atom. The number of methoxy groups -OCH3 is 2. The van der Waals surface area contributed by atoms with Crippen molar-refractivity contribution < 1.29 is 18.7 Å². The number of nitrogens with one attached hydrogen (secondary N) is 1. The lowest BCUT2D eigenvalue weighted by atomic mass is 10.1. The maximum atomic E-state index is 13.9. The molecule has 0 aliphatic heterocycles. The van der Waals surface area contributed by atoms with Crippen molar-refractivity contribution in [2.75, 3.05) is 20.8 Å². The fraction of sp³-hybridized carbons (Fsp3) is 0.217. The third-order valence-electron chi connectivity index (χ3n) is 5.18. The molecule has 1 amide bonds. The second-order valence-corrected chi connectivity index (χ2v) is 7.17. The van der Waals surface area contributed by atoms with Crippen molar-refractivity contribution in [1.82, 2.24) is 24.6 Å². The number of hydrogen-bond donors (Lipinski definition) is 1. The van der Waals surface area contributed by atoms with Gasteiger partial charge in [0.25, 0.3) is 11.5 Å². The van der Waals surface area contributed by atoms with E-state index in [1.165, 1.54) is 42.1 Å². The van der Waals surface area contributed by atoms with Crippen molar-refractivity contribution in [2.45, 2.75) is 13.1 Å². The summed E-state index contributed by atoms with van der Waals surface area (Å²) in [5.74, 6) is 0.0872. The first kappa shape index (κ1) is 22.0. The molecule has 0 atom stereocenters. The summed E-state index contributed by atoms with van der Waals surface area (Å²) in [4.78, 5) is 29.7. The minimum Gasteiger partial charge on any atom is -0.493 e. The van der Waals surface area contributed by atoms with Crippen LogP contribution in [-0.4, -0.2) is 46.0 Å². The van der Waals surface area contributed by atoms with E-state index in [1.807, 2.05) is 0 Å². The fourth-order valence-electron chi connectivity index (χ4n) is 3.52. The predicted molar refractivity (Wildman–Crippen MR) is 119 cm³/mol. The summed E-state index contributed by atoms with van der Waals surface area (Å²) in [5, 5.41) is 7.34. The number of ether oxygens (including phenoxy) is 2. The van der Waals surface area contributed by atoms with Gasteiger partial charge in [-0.2, -0.15) is 5.10 Å². The summed E-state index contributed by atoms with van der Waals surface area (Å²) in [5.41, 5.74) is 0.804. The van der Waals surface area contributed by atoms with Crippen LogP contribution in [0.5, 0.6) is 11.5 Å². The molecule has 0 radical (unpaired) electrons. The highest BCUT2D eigenvalue weighted by molar-refractivity contribution is 5.97. The van der Waals surface area contributed by atoms with Crippen LogP contribution in [-0.2, 0) is 13.1 Å². The van der Waals surface area contributed by atoms with E-state index in [1.54, 1.807) is 36.4 Å². The topological polar surface area (TPSA) is 100 Å². The van der Waals surface area contributed by atoms with Gasteiger partial charge in [-0.1, -0.05) is 24.3 Å². The summed E-state index contributed by atoms with van der Waals surface area (Å²) in [7, 11) is 2.97. The molecule has 2 aromatic carbocycles. The average molecular weight is 451 g/mol. The summed E-state index contributed by atoms with van der Waals surface area (Å²) in [6, 6.07) is 11.3. The van der Waals surface area contributed by atoms with Crippen LogP contribution in [0.4, 0.5) is 4.39 Å². The van der Waals surface area contributed by atoms with Crippen molar-refractivity contribution in [3.05, 3.63) is 82.3 Å². The van der Waals surface area contributed by atoms with Gasteiger partial charge in [0, 0.05) is 12.1 Å². The van der Waals surface area contributed by atoms with Crippen LogP contribution in [0.1, 0.15) is 15.9 Å². The zero-order valence-corrected chi connectivity index (χ0v) is 18.1. The number of aromatic nitrogens is 4. The smallest absolute Gasteiger partial charge is 0.264 e. The number of carbonyl (C=O) groups is 1. The molecule has 4 rings (SSSR count). The maximum Gasteiger partial charge on any atom is 0.264 e. The van der Waals surface area contributed by atoms with Crippen molar-refractivity contribution in [2.24, 2.45) is 0 Å². The highest BCUT2D eigenvalue weighted by Crippen LogP contribution is 2.30. The number of amides is 1. The summed E-state index contributed by atoms with van der Waals surface area (Å²) in [6.07, 6.45) is 2.80. The van der Waals surface area contributed by atoms with Gasteiger partial charge < -0.3 is 14.8 Å². The Morgan fingerprint density at radius 3 is 2.70 bits per heavy atom. The van der Waals surface area contributed by atoms with Crippen LogP contribution >= 0.6 is 0 Å². The molecule has 10 heteroatoms. The first-order chi connectivity index (χ1) is 16.0. The van der Waals surface area contributed by atoms with Crippen molar-refractivity contribution in [3.63, 3.8) is 0 Å². The lowest BCUT2D eigenvalue weighted by Gasteiger charge is -2.12. The van der Waals surface area contributed by atoms with E-state index in [0.717, 1.165) is 0 Å². The van der Waals surface area contributed by atoms with Gasteiger partial charge in [-0.05, 0) is 18.2 Å². The molecule has 0 spiro atoms. The Balaban J connectivity index is 1.47. The molecule has 9 nitrogen and oxygen atoms in total. The van der Waals surface area contributed by atoms with E-state index >= 15 is 0 Å². The molecule has 0 fully saturated rings. The first-order valence-electron chi connectivity index (χ1n) is 10.2. The number of para-hydroxylation sites is 1. The Bertz CT molecular complexity index is 1360. The first-order valence-corrected chi connectivity index (χ1v) is 10.2. The Labute approximate surface area is 188 Å². The number of fused-ring (bicyclic) bond motifs is 1. The Hall–Kier alpha value is -4.21. The number of halogens is 1. The standard InChI is InChI=1S/C23H22FN5O4/c1-32-19-9-5-7-16(20(19)33-2)22(30)25-10-11-29-21-17(12-27-29)23(31)28(14-26-21)13-15-6-3-4-8-18(15)24/h3-9,12,14H,10-11,13H2,1-2H3,(H,25,30). The zero-order chi connectivity index (χ0) is 23.4. The second-order valence-electron chi connectivity index (χ2n) is 7.17. The van der Waals surface area contributed by atoms with E-state index in [9.17, 15) is 14.0 Å². The molecule has 2 heterocycles. The van der Waals surface area contributed by atoms with E-state index in [0.29, 0.717) is 40.2 Å². The van der Waals surface area contributed by atoms with Crippen LogP contribution in [0, 0.1) is 5.82 Å². The number of benzene rings is 2. The highest BCUT2D eigenvalue weighted by Gasteiger charge is 2.16. The van der Waals surface area contributed by atoms with Crippen molar-refractivity contribution in [3.8, 4) is 11.5 Å². The number of nitrogens with zero attached hydrogens (tertiary/aromatic N) is 4. The van der Waals surface area contributed by atoms with Crippen molar-refractivity contribution in [1.29, 1.82) is 0 Å². The molecule has 0 saturated heterocycles. The minimum atomic E-state index is -0.386. The van der Waals surface area contributed by atoms with E-state index in [-0.39, 0.29) is 30.4 Å². The third-order valence-corrected chi connectivity index (χ3v) is 5.18. The van der Waals surface area contributed by atoms with Crippen LogP contribution < -0.4 is 20.3 Å². The normalized spacial score (nSPS) is 10.9. The molecule has 1 N–H and O–H groups in total. The summed E-state index contributed by atoms with van der Waals surface area (Å²) < 4.78 is 27.3. The molecule has 0 unspecified atom stereocenters. The molecule has 0 saturated carbocycles. The Morgan fingerprint density at radius 2 is 1.94 bits per heavy atom. The molecule has 0 aliphatic carbocycles. The van der Waals surface area contributed by atoms with Gasteiger partial charge in [-0.25, -0.2) is 14.1 Å². The van der Waals surface area contributed by atoms with E-state index < -0.39 is 0 Å². The fourth-order valence-corrected chi connectivity index (χ4v) is 3.52. The van der Waals surface area contributed by atoms with Crippen LogP contribution in [0.25, 0.3) is 11.0 Å². The average Bonchev–Trinajstić information content (AvgIpc) is 3.25. The molecule has 2 aromatic heterocycles. The largest absolute Gasteiger partial charge is 0.493 e. The molecule has 4 aromatic rings. The van der Waals surface area contributed by atoms with Gasteiger partial charge in [0.15, 0.2) is 17.1 Å². The number of carbonyl (C=O) groups excluding carboxylic acids is 1. The third kappa shape index (κ3) is 4.40. The van der Waals surface area contributed by atoms with Gasteiger partial charge in [0.2, 0.25) is 0 Å². The number of hydrogen-bond acceptors (Lipinski definition) is 6. The molecular weight excluding hydrogens is 429 g/mol. The van der Waals surface area contributed by atoms with Gasteiger partial charge in [-0.3, -0.25) is 14.2 Å². The van der Waals surface area contributed by atoms with Crippen LogP contribution in [0.15, 0.2) is 59.8 Å². The van der Waals surface area contributed by atoms with Crippen LogP contribution in [0.3, 0.4) is 0 Å². The quantitative estimate of drug-likeness (QED) is 0.441. The summed E-state index contributed by atoms with van der Waals surface area (Å²) >= 11 is 0. The molecule has 33 heavy (non-hydrogen) atoms. The van der Waals surface area contributed by atoms with E-state index in [4.69, 9.17) is 9.47 Å². The molecule has 0 aliphatic rings. The Kier molecular flexibility index (Phi) is 6.34. The molecule has 0 bridgehead atoms. The summed E-state index contributed by atoms with van der Waals surface area (Å²) in [6.45, 7) is 0.610. The lowest BCUT2D eigenvalue weighted by molar-refractivity contribution is 0.0948. The van der Waals surface area contributed by atoms with E-state index in [2.05, 4.69) is 15.4 Å². The number of rotatable bonds is 8. The predicted octanol–water partition coefficient (Wildman–Crippen LogP) is 2.23. The molecular formula is C23H22FN5O4. The van der Waals surface area contributed by atoms with Gasteiger partial charge in [0.1, 0.15) is 17.5 Å². The van der Waals surface area contributed by atoms with Gasteiger partial charge in [0.05, 0.1) is 39.1 Å². The maximum absolute atomic E-state index is 13.9. The second kappa shape index (κ2) is 9.51. The molecule has 170 valence electrons.